The maximum Gasteiger partial charge on any atom is 0.0867 e. The van der Waals surface area contributed by atoms with Crippen molar-refractivity contribution < 1.29 is 5.11 Å². The highest BCUT2D eigenvalue weighted by Gasteiger charge is 2.11. The van der Waals surface area contributed by atoms with Crippen LogP contribution in [-0.2, 0) is 13.5 Å². The largest absolute Gasteiger partial charge is 0.388 e. The van der Waals surface area contributed by atoms with Crippen LogP contribution in [0.4, 0.5) is 0 Å². The van der Waals surface area contributed by atoms with Crippen LogP contribution in [0, 0.1) is 0 Å². The van der Waals surface area contributed by atoms with Crippen molar-refractivity contribution in [2.75, 3.05) is 13.1 Å². The Bertz CT molecular complexity index is 344. The molecule has 1 aromatic rings. The number of hydrogen-bond acceptors (Lipinski definition) is 4. The normalized spacial score (nSPS) is 22.1. The van der Waals surface area contributed by atoms with Gasteiger partial charge in [-0.2, -0.15) is 0 Å². The highest BCUT2D eigenvalue weighted by atomic mass is 16.3. The fourth-order valence-corrected chi connectivity index (χ4v) is 1.60. The summed E-state index contributed by atoms with van der Waals surface area (Å²) in [5.41, 5.74) is 2.11. The van der Waals surface area contributed by atoms with Crippen molar-refractivity contribution in [2.45, 2.75) is 12.5 Å². The van der Waals surface area contributed by atoms with Crippen LogP contribution in [0.15, 0.2) is 17.8 Å². The van der Waals surface area contributed by atoms with Gasteiger partial charge < -0.3 is 10.4 Å². The van der Waals surface area contributed by atoms with Crippen molar-refractivity contribution in [3.05, 3.63) is 23.5 Å². The summed E-state index contributed by atoms with van der Waals surface area (Å²) in [6, 6.07) is 0. The molecule has 0 radical (unpaired) electrons. The quantitative estimate of drug-likeness (QED) is 0.608. The van der Waals surface area contributed by atoms with E-state index in [1.54, 1.807) is 4.68 Å². The van der Waals surface area contributed by atoms with Gasteiger partial charge in [0.25, 0.3) is 0 Å². The topological polar surface area (TPSA) is 63.0 Å². The van der Waals surface area contributed by atoms with Crippen molar-refractivity contribution in [3.63, 3.8) is 0 Å². The Morgan fingerprint density at radius 1 is 1.71 bits per heavy atom. The van der Waals surface area contributed by atoms with Gasteiger partial charge in [-0.1, -0.05) is 16.9 Å². The molecule has 2 heterocycles. The standard InChI is InChI=1S/C9H14N4O/c1-13-6-8(11-12-13)2-7-3-9(14)5-10-4-7/h3,6,9-10,14H,2,4-5H2,1H3. The highest BCUT2D eigenvalue weighted by Crippen LogP contribution is 2.08. The maximum atomic E-state index is 9.38. The summed E-state index contributed by atoms with van der Waals surface area (Å²) in [5.74, 6) is 0. The lowest BCUT2D eigenvalue weighted by atomic mass is 10.1. The number of β-amino-alcohol motifs (C(OH)–C–C–N with tert-alkyl or cyclic N) is 1. The lowest BCUT2D eigenvalue weighted by Gasteiger charge is -2.17. The monoisotopic (exact) mass is 194 g/mol. The zero-order chi connectivity index (χ0) is 9.97. The number of aliphatic hydroxyl groups is 1. The molecule has 0 aromatic carbocycles. The number of hydrogen-bond donors (Lipinski definition) is 2. The molecule has 0 bridgehead atoms. The summed E-state index contributed by atoms with van der Waals surface area (Å²) in [6.07, 6.45) is 4.18. The molecule has 5 heteroatoms. The van der Waals surface area contributed by atoms with Gasteiger partial charge in [-0.05, 0) is 0 Å². The smallest absolute Gasteiger partial charge is 0.0867 e. The summed E-state index contributed by atoms with van der Waals surface area (Å²) in [6.45, 7) is 1.47. The van der Waals surface area contributed by atoms with Gasteiger partial charge in [-0.3, -0.25) is 4.68 Å². The van der Waals surface area contributed by atoms with E-state index in [9.17, 15) is 5.11 Å². The maximum absolute atomic E-state index is 9.38. The van der Waals surface area contributed by atoms with E-state index in [0.29, 0.717) is 6.54 Å². The molecule has 5 nitrogen and oxygen atoms in total. The molecule has 0 spiro atoms. The van der Waals surface area contributed by atoms with E-state index in [4.69, 9.17) is 0 Å². The molecule has 14 heavy (non-hydrogen) atoms. The van der Waals surface area contributed by atoms with Crippen LogP contribution in [0.5, 0.6) is 0 Å². The van der Waals surface area contributed by atoms with Crippen LogP contribution in [0.25, 0.3) is 0 Å². The van der Waals surface area contributed by atoms with Gasteiger partial charge in [0.15, 0.2) is 0 Å². The first-order valence-corrected chi connectivity index (χ1v) is 4.67. The first-order chi connectivity index (χ1) is 6.74. The highest BCUT2D eigenvalue weighted by molar-refractivity contribution is 5.17. The zero-order valence-corrected chi connectivity index (χ0v) is 8.14. The molecule has 0 saturated carbocycles. The summed E-state index contributed by atoms with van der Waals surface area (Å²) >= 11 is 0. The second kappa shape index (κ2) is 3.89. The molecule has 1 aliphatic rings. The van der Waals surface area contributed by atoms with E-state index in [2.05, 4.69) is 15.6 Å². The van der Waals surface area contributed by atoms with Crippen LogP contribution in [0.2, 0.25) is 0 Å². The van der Waals surface area contributed by atoms with Crippen molar-refractivity contribution >= 4 is 0 Å². The molecule has 0 fully saturated rings. The molecule has 2 N–H and O–H groups in total. The van der Waals surface area contributed by atoms with Crippen molar-refractivity contribution in [1.82, 2.24) is 20.3 Å². The van der Waals surface area contributed by atoms with Crippen LogP contribution < -0.4 is 5.32 Å². The number of nitrogens with zero attached hydrogens (tertiary/aromatic N) is 3. The molecule has 1 unspecified atom stereocenters. The Morgan fingerprint density at radius 2 is 2.57 bits per heavy atom. The van der Waals surface area contributed by atoms with E-state index < -0.39 is 0 Å². The third-order valence-corrected chi connectivity index (χ3v) is 2.19. The third-order valence-electron chi connectivity index (χ3n) is 2.19. The second-order valence-electron chi connectivity index (χ2n) is 3.58. The van der Waals surface area contributed by atoms with E-state index in [1.165, 1.54) is 5.57 Å². The van der Waals surface area contributed by atoms with E-state index >= 15 is 0 Å². The molecule has 0 aliphatic carbocycles. The van der Waals surface area contributed by atoms with Crippen molar-refractivity contribution in [2.24, 2.45) is 7.05 Å². The summed E-state index contributed by atoms with van der Waals surface area (Å²) in [4.78, 5) is 0. The van der Waals surface area contributed by atoms with E-state index in [0.717, 1.165) is 18.7 Å². The lowest BCUT2D eigenvalue weighted by Crippen LogP contribution is -2.32. The molecule has 2 rings (SSSR count). The third kappa shape index (κ3) is 2.18. The lowest BCUT2D eigenvalue weighted by molar-refractivity contribution is 0.212. The first-order valence-electron chi connectivity index (χ1n) is 4.67. The minimum Gasteiger partial charge on any atom is -0.388 e. The van der Waals surface area contributed by atoms with Gasteiger partial charge in [-0.25, -0.2) is 0 Å². The predicted octanol–water partition coefficient (Wildman–Crippen LogP) is -0.752. The molecule has 0 saturated heterocycles. The SMILES string of the molecule is Cn1cc(CC2=CC(O)CNC2)nn1. The van der Waals surface area contributed by atoms with E-state index in [1.807, 2.05) is 19.3 Å². The summed E-state index contributed by atoms with van der Waals surface area (Å²) < 4.78 is 1.68. The van der Waals surface area contributed by atoms with Crippen LogP contribution in [0.1, 0.15) is 5.69 Å². The average molecular weight is 194 g/mol. The Kier molecular flexibility index (Phi) is 2.60. The number of aliphatic hydroxyl groups excluding tert-OH is 1. The molecule has 1 aromatic heterocycles. The minimum atomic E-state index is -0.365. The fourth-order valence-electron chi connectivity index (χ4n) is 1.60. The summed E-state index contributed by atoms with van der Waals surface area (Å²) in [7, 11) is 1.85. The Hall–Kier alpha value is -1.20. The van der Waals surface area contributed by atoms with Gasteiger partial charge in [-0.15, -0.1) is 5.10 Å². The number of aryl methyl sites for hydroxylation is 1. The second-order valence-corrected chi connectivity index (χ2v) is 3.58. The predicted molar refractivity (Wildman–Crippen MR) is 51.7 cm³/mol. The van der Waals surface area contributed by atoms with Gasteiger partial charge in [0.2, 0.25) is 0 Å². The molecular formula is C9H14N4O. The summed E-state index contributed by atoms with van der Waals surface area (Å²) in [5, 5.41) is 20.4. The first kappa shape index (κ1) is 9.36. The van der Waals surface area contributed by atoms with Crippen molar-refractivity contribution in [3.8, 4) is 0 Å². The van der Waals surface area contributed by atoms with Gasteiger partial charge in [0.1, 0.15) is 0 Å². The van der Waals surface area contributed by atoms with Crippen LogP contribution in [0.3, 0.4) is 0 Å². The number of nitrogens with one attached hydrogen (secondary N) is 1. The molecule has 0 amide bonds. The molecular weight excluding hydrogens is 180 g/mol. The number of rotatable bonds is 2. The Balaban J connectivity index is 2.03. The molecule has 76 valence electrons. The van der Waals surface area contributed by atoms with Crippen molar-refractivity contribution in [1.29, 1.82) is 0 Å². The van der Waals surface area contributed by atoms with Gasteiger partial charge >= 0.3 is 0 Å². The molecule has 1 aliphatic heterocycles. The van der Waals surface area contributed by atoms with Gasteiger partial charge in [0, 0.05) is 32.8 Å². The Morgan fingerprint density at radius 3 is 3.21 bits per heavy atom. The zero-order valence-electron chi connectivity index (χ0n) is 8.14. The number of aromatic nitrogens is 3. The minimum absolute atomic E-state index is 0.365. The molecule has 1 atom stereocenters. The Labute approximate surface area is 82.4 Å². The van der Waals surface area contributed by atoms with Crippen LogP contribution >= 0.6 is 0 Å². The van der Waals surface area contributed by atoms with Crippen LogP contribution in [-0.4, -0.2) is 39.3 Å². The van der Waals surface area contributed by atoms with Gasteiger partial charge in [0.05, 0.1) is 11.8 Å². The van der Waals surface area contributed by atoms with E-state index in [-0.39, 0.29) is 6.10 Å². The average Bonchev–Trinajstić information content (AvgIpc) is 2.51. The fraction of sp³-hybridized carbons (Fsp3) is 0.556.